The predicted molar refractivity (Wildman–Crippen MR) is 99.7 cm³/mol. The molecule has 28 heavy (non-hydrogen) atoms. The number of phenolic OH excluding ortho intramolecular Hbond substituents is 1. The maximum absolute atomic E-state index is 12.3. The van der Waals surface area contributed by atoms with Crippen molar-refractivity contribution in [1.29, 1.82) is 0 Å². The molecule has 1 saturated heterocycles. The Morgan fingerprint density at radius 1 is 1.04 bits per heavy atom. The summed E-state index contributed by atoms with van der Waals surface area (Å²) in [5.74, 6) is -0.232. The molecule has 0 saturated carbocycles. The highest BCUT2D eigenvalue weighted by Gasteiger charge is 2.45. The molecule has 0 aliphatic carbocycles. The van der Waals surface area contributed by atoms with Gasteiger partial charge in [0.1, 0.15) is 42.5 Å². The molecule has 0 radical (unpaired) electrons. The number of esters is 1. The summed E-state index contributed by atoms with van der Waals surface area (Å²) in [4.78, 5) is 12.3. The van der Waals surface area contributed by atoms with E-state index in [0.29, 0.717) is 18.6 Å². The van der Waals surface area contributed by atoms with E-state index in [1.54, 1.807) is 0 Å². The summed E-state index contributed by atoms with van der Waals surface area (Å²) in [6.07, 6.45) is -3.62. The Balaban J connectivity index is 1.98. The maximum atomic E-state index is 12.3. The minimum atomic E-state index is -1.53. The van der Waals surface area contributed by atoms with Crippen molar-refractivity contribution < 1.29 is 39.4 Å². The second kappa shape index (κ2) is 10.6. The Hall–Kier alpha value is -1.87. The number of aliphatic hydroxyl groups excluding tert-OH is 3. The van der Waals surface area contributed by atoms with E-state index in [1.807, 2.05) is 13.8 Å². The van der Waals surface area contributed by atoms with Crippen molar-refractivity contribution in [3.63, 3.8) is 0 Å². The number of benzene rings is 1. The second-order valence-corrected chi connectivity index (χ2v) is 7.03. The zero-order valence-corrected chi connectivity index (χ0v) is 16.2. The second-order valence-electron chi connectivity index (χ2n) is 7.03. The molecule has 0 bridgehead atoms. The third-order valence-electron chi connectivity index (χ3n) is 4.75. The Kier molecular flexibility index (Phi) is 8.50. The van der Waals surface area contributed by atoms with Crippen molar-refractivity contribution in [1.82, 2.24) is 0 Å². The van der Waals surface area contributed by atoms with Gasteiger partial charge in [0.25, 0.3) is 0 Å². The molecule has 1 aliphatic heterocycles. The molecule has 0 unspecified atom stereocenters. The first kappa shape index (κ1) is 22.4. The quantitative estimate of drug-likeness (QED) is 0.459. The lowest BCUT2D eigenvalue weighted by Crippen LogP contribution is -2.60. The number of aromatic hydroxyl groups is 1. The highest BCUT2D eigenvalue weighted by Crippen LogP contribution is 2.26. The van der Waals surface area contributed by atoms with Crippen LogP contribution in [0, 0.1) is 5.92 Å². The monoisotopic (exact) mass is 398 g/mol. The predicted octanol–water partition coefficient (Wildman–Crippen LogP) is 1.34. The Labute approximate surface area is 164 Å². The van der Waals surface area contributed by atoms with Crippen molar-refractivity contribution in [3.05, 3.63) is 24.3 Å². The van der Waals surface area contributed by atoms with E-state index in [2.05, 4.69) is 0 Å². The minimum absolute atomic E-state index is 0.0476. The lowest BCUT2D eigenvalue weighted by Gasteiger charge is -2.40. The molecule has 8 heteroatoms. The van der Waals surface area contributed by atoms with Gasteiger partial charge in [-0.25, -0.2) is 0 Å². The number of hydrogen-bond donors (Lipinski definition) is 4. The molecule has 4 N–H and O–H groups in total. The number of phenols is 1. The molecule has 0 amide bonds. The Morgan fingerprint density at radius 3 is 2.21 bits per heavy atom. The van der Waals surface area contributed by atoms with E-state index in [-0.39, 0.29) is 24.2 Å². The van der Waals surface area contributed by atoms with E-state index < -0.39 is 30.7 Å². The van der Waals surface area contributed by atoms with E-state index >= 15 is 0 Å². The fraction of sp³-hybridized carbons (Fsp3) is 0.650. The number of ether oxygens (including phenoxy) is 3. The molecule has 0 spiro atoms. The van der Waals surface area contributed by atoms with Crippen LogP contribution in [0.3, 0.4) is 0 Å². The van der Waals surface area contributed by atoms with E-state index in [4.69, 9.17) is 14.2 Å². The lowest BCUT2D eigenvalue weighted by molar-refractivity contribution is -0.278. The summed E-state index contributed by atoms with van der Waals surface area (Å²) in [5.41, 5.74) is 0. The van der Waals surface area contributed by atoms with Gasteiger partial charge < -0.3 is 34.6 Å². The highest BCUT2D eigenvalue weighted by molar-refractivity contribution is 5.72. The summed E-state index contributed by atoms with van der Waals surface area (Å²) in [7, 11) is 0. The molecule has 158 valence electrons. The molecular weight excluding hydrogens is 368 g/mol. The van der Waals surface area contributed by atoms with Crippen LogP contribution in [-0.2, 0) is 14.3 Å². The van der Waals surface area contributed by atoms with Gasteiger partial charge in [0.15, 0.2) is 0 Å². The number of hydrogen-bond acceptors (Lipinski definition) is 8. The highest BCUT2D eigenvalue weighted by atomic mass is 16.7. The van der Waals surface area contributed by atoms with Crippen molar-refractivity contribution in [2.24, 2.45) is 5.92 Å². The van der Waals surface area contributed by atoms with Crippen molar-refractivity contribution in [2.45, 2.75) is 70.2 Å². The molecule has 1 aromatic carbocycles. The molecule has 1 aliphatic rings. The number of rotatable bonds is 9. The summed E-state index contributed by atoms with van der Waals surface area (Å²) < 4.78 is 16.4. The number of aliphatic hydroxyl groups is 3. The molecule has 5 atom stereocenters. The minimum Gasteiger partial charge on any atom is -0.508 e. The van der Waals surface area contributed by atoms with Crippen molar-refractivity contribution in [2.75, 3.05) is 6.61 Å². The first-order valence-electron chi connectivity index (χ1n) is 9.69. The van der Waals surface area contributed by atoms with Crippen LogP contribution in [0.25, 0.3) is 0 Å². The van der Waals surface area contributed by atoms with Crippen molar-refractivity contribution in [3.8, 4) is 11.5 Å². The molecule has 1 aromatic rings. The van der Waals surface area contributed by atoms with Gasteiger partial charge in [0.05, 0.1) is 5.92 Å². The molecule has 8 nitrogen and oxygen atoms in total. The normalized spacial score (nSPS) is 27.6. The van der Waals surface area contributed by atoms with E-state index in [0.717, 1.165) is 12.8 Å². The summed E-state index contributed by atoms with van der Waals surface area (Å²) in [6, 6.07) is 5.74. The third kappa shape index (κ3) is 5.81. The third-order valence-corrected chi connectivity index (χ3v) is 4.75. The van der Waals surface area contributed by atoms with E-state index in [9.17, 15) is 25.2 Å². The zero-order valence-electron chi connectivity index (χ0n) is 16.2. The van der Waals surface area contributed by atoms with Gasteiger partial charge in [-0.15, -0.1) is 0 Å². The first-order valence-corrected chi connectivity index (χ1v) is 9.69. The van der Waals surface area contributed by atoms with Crippen molar-refractivity contribution >= 4 is 5.97 Å². The van der Waals surface area contributed by atoms with Crippen LogP contribution in [0.2, 0.25) is 0 Å². The summed E-state index contributed by atoms with van der Waals surface area (Å²) >= 11 is 0. The fourth-order valence-corrected chi connectivity index (χ4v) is 3.17. The van der Waals surface area contributed by atoms with Crippen LogP contribution in [-0.4, -0.2) is 63.7 Å². The van der Waals surface area contributed by atoms with Gasteiger partial charge in [0, 0.05) is 0 Å². The zero-order chi connectivity index (χ0) is 20.7. The summed E-state index contributed by atoms with van der Waals surface area (Å²) in [6.45, 7) is 3.73. The molecular formula is C20H30O8. The van der Waals surface area contributed by atoms with Crippen LogP contribution in [0.5, 0.6) is 11.5 Å². The molecule has 1 fully saturated rings. The van der Waals surface area contributed by atoms with Gasteiger partial charge in [-0.3, -0.25) is 4.79 Å². The first-order chi connectivity index (χ1) is 13.4. The Morgan fingerprint density at radius 2 is 1.64 bits per heavy atom. The number of carbonyl (C=O) groups is 1. The standard InChI is InChI=1S/C20H30O8/c1-3-5-12(6-4-2)19(25)26-11-15-16(22)17(23)18(24)20(28-15)27-14-9-7-13(21)8-10-14/h7-10,12,15-18,20-24H,3-6,11H2,1-2H3/t15-,16-,17+,18-,20-/m1/s1. The average molecular weight is 398 g/mol. The van der Waals surface area contributed by atoms with E-state index in [1.165, 1.54) is 24.3 Å². The summed E-state index contributed by atoms with van der Waals surface area (Å²) in [5, 5.41) is 39.7. The SMILES string of the molecule is CCCC(CCC)C(=O)OC[C@H]1O[C@@H](Oc2ccc(O)cc2)[C@H](O)[C@@H](O)[C@@H]1O. The smallest absolute Gasteiger partial charge is 0.309 e. The van der Waals surface area contributed by atoms with Gasteiger partial charge in [0.2, 0.25) is 6.29 Å². The maximum Gasteiger partial charge on any atom is 0.309 e. The van der Waals surface area contributed by atoms with Crippen LogP contribution >= 0.6 is 0 Å². The topological polar surface area (TPSA) is 126 Å². The van der Waals surface area contributed by atoms with Gasteiger partial charge in [-0.1, -0.05) is 26.7 Å². The fourth-order valence-electron chi connectivity index (χ4n) is 3.17. The lowest BCUT2D eigenvalue weighted by atomic mass is 9.98. The van der Waals surface area contributed by atoms with Crippen LogP contribution in [0.1, 0.15) is 39.5 Å². The molecule has 1 heterocycles. The van der Waals surface area contributed by atoms with Crippen LogP contribution in [0.15, 0.2) is 24.3 Å². The average Bonchev–Trinajstić information content (AvgIpc) is 2.68. The van der Waals surface area contributed by atoms with Crippen LogP contribution < -0.4 is 4.74 Å². The molecule has 0 aromatic heterocycles. The molecule has 2 rings (SSSR count). The number of carbonyl (C=O) groups excluding carboxylic acids is 1. The Bertz CT molecular complexity index is 599. The largest absolute Gasteiger partial charge is 0.508 e. The van der Waals surface area contributed by atoms with Gasteiger partial charge in [-0.2, -0.15) is 0 Å². The van der Waals surface area contributed by atoms with Crippen LogP contribution in [0.4, 0.5) is 0 Å². The van der Waals surface area contributed by atoms with Gasteiger partial charge >= 0.3 is 5.97 Å². The van der Waals surface area contributed by atoms with Gasteiger partial charge in [-0.05, 0) is 37.1 Å².